The van der Waals surface area contributed by atoms with Crippen LogP contribution in [0.2, 0.25) is 0 Å². The molecule has 7 heteroatoms. The molecule has 0 bridgehead atoms. The highest BCUT2D eigenvalue weighted by molar-refractivity contribution is 7.99. The maximum absolute atomic E-state index is 11.8. The molecule has 0 amide bonds. The standard InChI is InChI=1S/C11H13N5OS/c12-16-2-1-9-8(10(16)17)7-13-11(14-9)15-3-5-18-6-4-15/h1-2,7H,3-6,12H2. The van der Waals surface area contributed by atoms with Crippen molar-refractivity contribution in [1.29, 1.82) is 0 Å². The second kappa shape index (κ2) is 4.49. The molecule has 2 aromatic rings. The zero-order valence-electron chi connectivity index (χ0n) is 9.74. The van der Waals surface area contributed by atoms with Gasteiger partial charge in [-0.15, -0.1) is 0 Å². The molecule has 1 fully saturated rings. The lowest BCUT2D eigenvalue weighted by atomic mass is 10.3. The number of hydrogen-bond donors (Lipinski definition) is 1. The molecular weight excluding hydrogens is 250 g/mol. The first-order valence-electron chi connectivity index (χ1n) is 5.72. The molecule has 0 aromatic carbocycles. The van der Waals surface area contributed by atoms with Crippen LogP contribution in [0.1, 0.15) is 0 Å². The van der Waals surface area contributed by atoms with Gasteiger partial charge in [-0.3, -0.25) is 4.79 Å². The molecule has 18 heavy (non-hydrogen) atoms. The van der Waals surface area contributed by atoms with E-state index >= 15 is 0 Å². The molecule has 0 atom stereocenters. The largest absolute Gasteiger partial charge is 0.339 e. The fourth-order valence-corrected chi connectivity index (χ4v) is 2.85. The summed E-state index contributed by atoms with van der Waals surface area (Å²) in [6, 6.07) is 1.74. The predicted octanol–water partition coefficient (Wildman–Crippen LogP) is 0.0585. The van der Waals surface area contributed by atoms with E-state index in [1.165, 1.54) is 6.20 Å². The first kappa shape index (κ1) is 11.3. The second-order valence-corrected chi connectivity index (χ2v) is 5.32. The summed E-state index contributed by atoms with van der Waals surface area (Å²) in [6.07, 6.45) is 3.08. The number of pyridine rings is 1. The van der Waals surface area contributed by atoms with Crippen LogP contribution in [0.15, 0.2) is 23.3 Å². The Hall–Kier alpha value is -1.76. The van der Waals surface area contributed by atoms with E-state index in [2.05, 4.69) is 14.9 Å². The molecular formula is C11H13N5OS. The molecule has 1 aliphatic rings. The van der Waals surface area contributed by atoms with E-state index in [-0.39, 0.29) is 5.56 Å². The Morgan fingerprint density at radius 2 is 2.11 bits per heavy atom. The Morgan fingerprint density at radius 3 is 2.89 bits per heavy atom. The van der Waals surface area contributed by atoms with Gasteiger partial charge >= 0.3 is 0 Å². The number of aromatic nitrogens is 3. The summed E-state index contributed by atoms with van der Waals surface area (Å²) in [5.41, 5.74) is 0.373. The average Bonchev–Trinajstić information content (AvgIpc) is 2.44. The maximum atomic E-state index is 11.8. The number of nitrogen functional groups attached to an aromatic ring is 1. The molecule has 3 rings (SSSR count). The van der Waals surface area contributed by atoms with E-state index in [0.717, 1.165) is 29.3 Å². The number of hydrogen-bond acceptors (Lipinski definition) is 6. The van der Waals surface area contributed by atoms with E-state index in [4.69, 9.17) is 5.84 Å². The van der Waals surface area contributed by atoms with Crippen LogP contribution in [-0.4, -0.2) is 39.2 Å². The van der Waals surface area contributed by atoms with Crippen LogP contribution in [0.3, 0.4) is 0 Å². The summed E-state index contributed by atoms with van der Waals surface area (Å²) in [7, 11) is 0. The van der Waals surface area contributed by atoms with Gasteiger partial charge in [0.15, 0.2) is 0 Å². The van der Waals surface area contributed by atoms with E-state index < -0.39 is 0 Å². The van der Waals surface area contributed by atoms with Gasteiger partial charge in [0.1, 0.15) is 0 Å². The number of anilines is 1. The van der Waals surface area contributed by atoms with Gasteiger partial charge in [-0.05, 0) is 6.07 Å². The number of rotatable bonds is 1. The smallest absolute Gasteiger partial charge is 0.279 e. The Bertz CT molecular complexity index is 635. The first-order valence-corrected chi connectivity index (χ1v) is 6.87. The molecule has 0 spiro atoms. The van der Waals surface area contributed by atoms with Crippen LogP contribution < -0.4 is 16.3 Å². The Labute approximate surface area is 108 Å². The molecule has 0 aliphatic carbocycles. The van der Waals surface area contributed by atoms with Crippen molar-refractivity contribution in [3.8, 4) is 0 Å². The molecule has 94 valence electrons. The third-order valence-electron chi connectivity index (χ3n) is 2.96. The highest BCUT2D eigenvalue weighted by Crippen LogP contribution is 2.16. The second-order valence-electron chi connectivity index (χ2n) is 4.10. The summed E-state index contributed by atoms with van der Waals surface area (Å²) < 4.78 is 1.04. The van der Waals surface area contributed by atoms with Gasteiger partial charge in [0.25, 0.3) is 5.56 Å². The van der Waals surface area contributed by atoms with Gasteiger partial charge in [0.05, 0.1) is 10.9 Å². The van der Waals surface area contributed by atoms with E-state index in [0.29, 0.717) is 16.9 Å². The van der Waals surface area contributed by atoms with Crippen molar-refractivity contribution in [1.82, 2.24) is 14.6 Å². The lowest BCUT2D eigenvalue weighted by Gasteiger charge is -2.26. The Balaban J connectivity index is 2.06. The van der Waals surface area contributed by atoms with Crippen LogP contribution >= 0.6 is 11.8 Å². The molecule has 2 aromatic heterocycles. The molecule has 1 saturated heterocycles. The fraction of sp³-hybridized carbons (Fsp3) is 0.364. The van der Waals surface area contributed by atoms with Crippen LogP contribution in [0.25, 0.3) is 10.9 Å². The first-order chi connectivity index (χ1) is 8.75. The van der Waals surface area contributed by atoms with Crippen LogP contribution in [0, 0.1) is 0 Å². The third kappa shape index (κ3) is 1.90. The SMILES string of the molecule is Nn1ccc2nc(N3CCSCC3)ncc2c1=O. The summed E-state index contributed by atoms with van der Waals surface area (Å²) in [4.78, 5) is 22.6. The van der Waals surface area contributed by atoms with Crippen molar-refractivity contribution < 1.29 is 0 Å². The highest BCUT2D eigenvalue weighted by Gasteiger charge is 2.14. The Kier molecular flexibility index (Phi) is 2.83. The van der Waals surface area contributed by atoms with Gasteiger partial charge in [0.2, 0.25) is 5.95 Å². The lowest BCUT2D eigenvalue weighted by Crippen LogP contribution is -2.34. The van der Waals surface area contributed by atoms with Gasteiger partial charge < -0.3 is 10.7 Å². The van der Waals surface area contributed by atoms with Crippen molar-refractivity contribution in [3.63, 3.8) is 0 Å². The van der Waals surface area contributed by atoms with Crippen molar-refractivity contribution >= 4 is 28.6 Å². The number of nitrogens with zero attached hydrogens (tertiary/aromatic N) is 4. The number of thioether (sulfide) groups is 1. The van der Waals surface area contributed by atoms with Crippen molar-refractivity contribution in [3.05, 3.63) is 28.8 Å². The van der Waals surface area contributed by atoms with Gasteiger partial charge in [-0.1, -0.05) is 0 Å². The van der Waals surface area contributed by atoms with E-state index in [9.17, 15) is 4.79 Å². The summed E-state index contributed by atoms with van der Waals surface area (Å²) in [5.74, 6) is 8.37. The number of fused-ring (bicyclic) bond motifs is 1. The molecule has 1 aliphatic heterocycles. The minimum atomic E-state index is -0.270. The van der Waals surface area contributed by atoms with Crippen molar-refractivity contribution in [2.45, 2.75) is 0 Å². The minimum absolute atomic E-state index is 0.270. The van der Waals surface area contributed by atoms with E-state index in [1.54, 1.807) is 12.3 Å². The monoisotopic (exact) mass is 263 g/mol. The zero-order chi connectivity index (χ0) is 12.5. The quantitative estimate of drug-likeness (QED) is 0.733. The van der Waals surface area contributed by atoms with Gasteiger partial charge in [-0.2, -0.15) is 11.8 Å². The normalized spacial score (nSPS) is 16.1. The zero-order valence-corrected chi connectivity index (χ0v) is 10.6. The Morgan fingerprint density at radius 1 is 1.33 bits per heavy atom. The van der Waals surface area contributed by atoms with Crippen LogP contribution in [0.4, 0.5) is 5.95 Å². The molecule has 3 heterocycles. The third-order valence-corrected chi connectivity index (χ3v) is 3.90. The molecule has 0 saturated carbocycles. The molecule has 6 nitrogen and oxygen atoms in total. The predicted molar refractivity (Wildman–Crippen MR) is 73.5 cm³/mol. The summed E-state index contributed by atoms with van der Waals surface area (Å²) >= 11 is 1.93. The van der Waals surface area contributed by atoms with E-state index in [1.807, 2.05) is 11.8 Å². The molecule has 0 radical (unpaired) electrons. The minimum Gasteiger partial charge on any atom is -0.339 e. The molecule has 2 N–H and O–H groups in total. The highest BCUT2D eigenvalue weighted by atomic mass is 32.2. The van der Waals surface area contributed by atoms with Gasteiger partial charge in [-0.25, -0.2) is 14.6 Å². The van der Waals surface area contributed by atoms with Crippen molar-refractivity contribution in [2.75, 3.05) is 35.3 Å². The average molecular weight is 263 g/mol. The summed E-state index contributed by atoms with van der Waals surface area (Å²) in [5, 5.41) is 0.454. The lowest BCUT2D eigenvalue weighted by molar-refractivity contribution is 0.819. The topological polar surface area (TPSA) is 77.0 Å². The van der Waals surface area contributed by atoms with Crippen molar-refractivity contribution in [2.24, 2.45) is 0 Å². The summed E-state index contributed by atoms with van der Waals surface area (Å²) in [6.45, 7) is 1.90. The van der Waals surface area contributed by atoms with Crippen LogP contribution in [0.5, 0.6) is 0 Å². The van der Waals surface area contributed by atoms with Crippen LogP contribution in [-0.2, 0) is 0 Å². The van der Waals surface area contributed by atoms with Gasteiger partial charge in [0, 0.05) is 37.0 Å². The maximum Gasteiger partial charge on any atom is 0.279 e. The number of nitrogens with two attached hydrogens (primary N) is 1. The molecule has 0 unspecified atom stereocenters. The fourth-order valence-electron chi connectivity index (χ4n) is 1.95.